The van der Waals surface area contributed by atoms with E-state index in [2.05, 4.69) is 15.3 Å². The molecule has 0 spiro atoms. The maximum absolute atomic E-state index is 12.4. The van der Waals surface area contributed by atoms with Crippen molar-refractivity contribution in [1.82, 2.24) is 15.3 Å². The Bertz CT molecular complexity index is 650. The molecule has 0 unspecified atom stereocenters. The lowest BCUT2D eigenvalue weighted by atomic mass is 9.97. The molecule has 4 rings (SSSR count). The molecule has 2 saturated carbocycles. The highest BCUT2D eigenvalue weighted by molar-refractivity contribution is 7.09. The topological polar surface area (TPSA) is 54.9 Å². The Morgan fingerprint density at radius 1 is 1.23 bits per heavy atom. The predicted octanol–water partition coefficient (Wildman–Crippen LogP) is 3.26. The Balaban J connectivity index is 1.37. The van der Waals surface area contributed by atoms with E-state index in [4.69, 9.17) is 0 Å². The Morgan fingerprint density at radius 2 is 2.00 bits per heavy atom. The average Bonchev–Trinajstić information content (AvgIpc) is 3.48. The van der Waals surface area contributed by atoms with Gasteiger partial charge in [-0.1, -0.05) is 6.07 Å². The summed E-state index contributed by atoms with van der Waals surface area (Å²) in [4.78, 5) is 21.3. The van der Waals surface area contributed by atoms with Gasteiger partial charge in [-0.15, -0.1) is 11.3 Å². The summed E-state index contributed by atoms with van der Waals surface area (Å²) in [6.07, 6.45) is 6.70. The fourth-order valence-electron chi connectivity index (χ4n) is 3.03. The zero-order valence-corrected chi connectivity index (χ0v) is 13.2. The number of aromatic nitrogens is 2. The van der Waals surface area contributed by atoms with Gasteiger partial charge in [-0.05, 0) is 49.7 Å². The minimum Gasteiger partial charge on any atom is -0.349 e. The monoisotopic (exact) mass is 313 g/mol. The van der Waals surface area contributed by atoms with Crippen molar-refractivity contribution in [3.63, 3.8) is 0 Å². The highest BCUT2D eigenvalue weighted by Crippen LogP contribution is 2.49. The van der Waals surface area contributed by atoms with Crippen LogP contribution < -0.4 is 5.32 Å². The molecular formula is C17H19N3OS. The van der Waals surface area contributed by atoms with Crippen molar-refractivity contribution in [2.24, 2.45) is 17.8 Å². The van der Waals surface area contributed by atoms with Crippen LogP contribution >= 0.6 is 11.3 Å². The van der Waals surface area contributed by atoms with Crippen LogP contribution in [0.15, 0.2) is 29.8 Å². The van der Waals surface area contributed by atoms with Crippen molar-refractivity contribution >= 4 is 17.2 Å². The lowest BCUT2D eigenvalue weighted by molar-refractivity contribution is -0.126. The molecule has 0 atom stereocenters. The summed E-state index contributed by atoms with van der Waals surface area (Å²) < 4.78 is 0. The number of hydrogen-bond donors (Lipinski definition) is 1. The van der Waals surface area contributed by atoms with E-state index in [1.54, 1.807) is 17.5 Å². The van der Waals surface area contributed by atoms with Crippen molar-refractivity contribution in [3.8, 4) is 11.4 Å². The lowest BCUT2D eigenvalue weighted by Crippen LogP contribution is -2.32. The second kappa shape index (κ2) is 5.80. The maximum atomic E-state index is 12.4. The van der Waals surface area contributed by atoms with E-state index < -0.39 is 0 Å². The largest absolute Gasteiger partial charge is 0.349 e. The Kier molecular flexibility index (Phi) is 3.66. The van der Waals surface area contributed by atoms with Crippen LogP contribution in [0.4, 0.5) is 0 Å². The summed E-state index contributed by atoms with van der Waals surface area (Å²) in [5.41, 5.74) is 1.76. The summed E-state index contributed by atoms with van der Waals surface area (Å²) in [7, 11) is 0. The average molecular weight is 313 g/mol. The predicted molar refractivity (Wildman–Crippen MR) is 86.1 cm³/mol. The van der Waals surface area contributed by atoms with Gasteiger partial charge in [0.15, 0.2) is 0 Å². The molecule has 2 aromatic heterocycles. The van der Waals surface area contributed by atoms with Crippen LogP contribution in [-0.2, 0) is 11.3 Å². The normalized spacial score (nSPS) is 17.7. The van der Waals surface area contributed by atoms with Gasteiger partial charge in [-0.3, -0.25) is 9.78 Å². The molecule has 2 aliphatic carbocycles. The number of pyridine rings is 1. The summed E-state index contributed by atoms with van der Waals surface area (Å²) in [5.74, 6) is 1.79. The fraction of sp³-hybridized carbons (Fsp3) is 0.471. The quantitative estimate of drug-likeness (QED) is 0.890. The maximum Gasteiger partial charge on any atom is 0.224 e. The third-order valence-corrected chi connectivity index (χ3v) is 5.30. The molecule has 4 nitrogen and oxygen atoms in total. The summed E-state index contributed by atoms with van der Waals surface area (Å²) in [5, 5.41) is 6.04. The van der Waals surface area contributed by atoms with Crippen molar-refractivity contribution in [2.75, 3.05) is 0 Å². The number of carbonyl (C=O) groups excluding carboxylic acids is 1. The molecule has 2 heterocycles. The van der Waals surface area contributed by atoms with Crippen molar-refractivity contribution in [1.29, 1.82) is 0 Å². The van der Waals surface area contributed by atoms with Gasteiger partial charge in [0.2, 0.25) is 5.91 Å². The van der Waals surface area contributed by atoms with Gasteiger partial charge in [0.25, 0.3) is 0 Å². The number of thiazole rings is 1. The van der Waals surface area contributed by atoms with Crippen LogP contribution in [-0.4, -0.2) is 15.9 Å². The fourth-order valence-corrected chi connectivity index (χ4v) is 3.76. The molecule has 0 aliphatic heterocycles. The third-order valence-electron chi connectivity index (χ3n) is 4.46. The summed E-state index contributed by atoms with van der Waals surface area (Å²) >= 11 is 1.58. The SMILES string of the molecule is O=C(NCc1nc(-c2ccccn2)cs1)C(C1CC1)C1CC1. The summed E-state index contributed by atoms with van der Waals surface area (Å²) in [6.45, 7) is 0.534. The van der Waals surface area contributed by atoms with Crippen LogP contribution in [0.25, 0.3) is 11.4 Å². The van der Waals surface area contributed by atoms with Crippen LogP contribution in [0, 0.1) is 17.8 Å². The standard InChI is InChI=1S/C17H19N3OS/c21-17(16(11-4-5-11)12-6-7-12)19-9-15-20-14(10-22-15)13-3-1-2-8-18-13/h1-3,8,10-12,16H,4-7,9H2,(H,19,21). The van der Waals surface area contributed by atoms with E-state index in [0.717, 1.165) is 16.4 Å². The highest BCUT2D eigenvalue weighted by Gasteiger charge is 2.45. The first-order valence-electron chi connectivity index (χ1n) is 7.95. The molecule has 2 fully saturated rings. The number of hydrogen-bond acceptors (Lipinski definition) is 4. The molecule has 5 heteroatoms. The number of amides is 1. The smallest absolute Gasteiger partial charge is 0.224 e. The lowest BCUT2D eigenvalue weighted by Gasteiger charge is -2.14. The van der Waals surface area contributed by atoms with Gasteiger partial charge >= 0.3 is 0 Å². The number of nitrogens with one attached hydrogen (secondary N) is 1. The van der Waals surface area contributed by atoms with Gasteiger partial charge < -0.3 is 5.32 Å². The molecule has 2 aliphatic rings. The Labute approximate surface area is 134 Å². The minimum atomic E-state index is 0.236. The zero-order chi connectivity index (χ0) is 14.9. The second-order valence-electron chi connectivity index (χ2n) is 6.26. The van der Waals surface area contributed by atoms with Gasteiger partial charge in [0, 0.05) is 17.5 Å². The van der Waals surface area contributed by atoms with E-state index in [0.29, 0.717) is 18.4 Å². The second-order valence-corrected chi connectivity index (χ2v) is 7.20. The molecule has 0 saturated heterocycles. The van der Waals surface area contributed by atoms with E-state index in [-0.39, 0.29) is 11.8 Å². The van der Waals surface area contributed by atoms with Crippen LogP contribution in [0.5, 0.6) is 0 Å². The van der Waals surface area contributed by atoms with Crippen LogP contribution in [0.1, 0.15) is 30.7 Å². The first-order chi connectivity index (χ1) is 10.8. The van der Waals surface area contributed by atoms with Crippen molar-refractivity contribution in [3.05, 3.63) is 34.8 Å². The van der Waals surface area contributed by atoms with Crippen LogP contribution in [0.2, 0.25) is 0 Å². The van der Waals surface area contributed by atoms with E-state index >= 15 is 0 Å². The molecule has 0 radical (unpaired) electrons. The Hall–Kier alpha value is -1.75. The van der Waals surface area contributed by atoms with E-state index in [1.165, 1.54) is 25.7 Å². The van der Waals surface area contributed by atoms with Gasteiger partial charge in [0.1, 0.15) is 5.01 Å². The van der Waals surface area contributed by atoms with E-state index in [9.17, 15) is 4.79 Å². The highest BCUT2D eigenvalue weighted by atomic mass is 32.1. The molecule has 1 N–H and O–H groups in total. The number of nitrogens with zero attached hydrogens (tertiary/aromatic N) is 2. The first kappa shape index (κ1) is 13.9. The first-order valence-corrected chi connectivity index (χ1v) is 8.83. The molecule has 0 bridgehead atoms. The van der Waals surface area contributed by atoms with Crippen LogP contribution in [0.3, 0.4) is 0 Å². The van der Waals surface area contributed by atoms with Gasteiger partial charge in [-0.2, -0.15) is 0 Å². The minimum absolute atomic E-state index is 0.236. The summed E-state index contributed by atoms with van der Waals surface area (Å²) in [6, 6.07) is 5.81. The molecular weight excluding hydrogens is 294 g/mol. The third kappa shape index (κ3) is 3.04. The number of rotatable bonds is 6. The van der Waals surface area contributed by atoms with Crippen molar-refractivity contribution < 1.29 is 4.79 Å². The van der Waals surface area contributed by atoms with Gasteiger partial charge in [0.05, 0.1) is 17.9 Å². The number of carbonyl (C=O) groups is 1. The molecule has 2 aromatic rings. The molecule has 0 aromatic carbocycles. The van der Waals surface area contributed by atoms with Gasteiger partial charge in [-0.25, -0.2) is 4.98 Å². The van der Waals surface area contributed by atoms with E-state index in [1.807, 2.05) is 23.6 Å². The molecule has 22 heavy (non-hydrogen) atoms. The molecule has 114 valence electrons. The zero-order valence-electron chi connectivity index (χ0n) is 12.4. The molecule has 1 amide bonds. The van der Waals surface area contributed by atoms with Crippen molar-refractivity contribution in [2.45, 2.75) is 32.2 Å². The Morgan fingerprint density at radius 3 is 2.64 bits per heavy atom.